The van der Waals surface area contributed by atoms with E-state index in [9.17, 15) is 9.18 Å². The molecule has 0 fully saturated rings. The van der Waals surface area contributed by atoms with Gasteiger partial charge in [0.05, 0.1) is 5.02 Å². The van der Waals surface area contributed by atoms with E-state index in [1.165, 1.54) is 6.07 Å². The van der Waals surface area contributed by atoms with E-state index in [-0.39, 0.29) is 23.6 Å². The summed E-state index contributed by atoms with van der Waals surface area (Å²) in [5.74, 6) is -0.484. The Morgan fingerprint density at radius 2 is 2.32 bits per heavy atom. The third-order valence-electron chi connectivity index (χ3n) is 2.95. The standard InChI is InChI=1S/C14H18ClFN2O/c1-4-6-10(2)18(3)14(19)17-9-11-7-5-8-12(16)13(11)15/h4-5,7-8,10H,1,6,9H2,2-3H3,(H,17,19)/t10-/m0/s1. The zero-order chi connectivity index (χ0) is 14.4. The average molecular weight is 285 g/mol. The highest BCUT2D eigenvalue weighted by Gasteiger charge is 2.14. The topological polar surface area (TPSA) is 32.3 Å². The third-order valence-corrected chi connectivity index (χ3v) is 3.37. The van der Waals surface area contributed by atoms with Crippen LogP contribution in [-0.2, 0) is 6.54 Å². The minimum atomic E-state index is -0.484. The Kier molecular flexibility index (Phi) is 5.83. The van der Waals surface area contributed by atoms with Crippen molar-refractivity contribution < 1.29 is 9.18 Å². The average Bonchev–Trinajstić information content (AvgIpc) is 2.39. The molecule has 0 aromatic heterocycles. The van der Waals surface area contributed by atoms with Crippen molar-refractivity contribution in [1.82, 2.24) is 10.2 Å². The molecule has 1 rings (SSSR count). The van der Waals surface area contributed by atoms with Gasteiger partial charge in [0.25, 0.3) is 0 Å². The normalized spacial score (nSPS) is 11.8. The number of carbonyl (C=O) groups excluding carboxylic acids is 1. The first-order valence-corrected chi connectivity index (χ1v) is 6.39. The number of rotatable bonds is 5. The minimum Gasteiger partial charge on any atom is -0.334 e. The molecule has 1 N–H and O–H groups in total. The lowest BCUT2D eigenvalue weighted by atomic mass is 10.2. The Hall–Kier alpha value is -1.55. The summed E-state index contributed by atoms with van der Waals surface area (Å²) in [4.78, 5) is 13.5. The van der Waals surface area contributed by atoms with Crippen LogP contribution in [0.3, 0.4) is 0 Å². The molecule has 0 radical (unpaired) electrons. The SMILES string of the molecule is C=CC[C@H](C)N(C)C(=O)NCc1cccc(F)c1Cl. The van der Waals surface area contributed by atoms with E-state index in [0.29, 0.717) is 12.0 Å². The highest BCUT2D eigenvalue weighted by Crippen LogP contribution is 2.19. The van der Waals surface area contributed by atoms with Crippen LogP contribution in [0.25, 0.3) is 0 Å². The fraction of sp³-hybridized carbons (Fsp3) is 0.357. The van der Waals surface area contributed by atoms with Gasteiger partial charge in [0, 0.05) is 19.6 Å². The van der Waals surface area contributed by atoms with E-state index in [1.54, 1.807) is 30.2 Å². The highest BCUT2D eigenvalue weighted by molar-refractivity contribution is 6.31. The second-order valence-electron chi connectivity index (χ2n) is 4.36. The summed E-state index contributed by atoms with van der Waals surface area (Å²) in [5.41, 5.74) is 0.555. The maximum absolute atomic E-state index is 13.2. The Morgan fingerprint density at radius 1 is 1.63 bits per heavy atom. The van der Waals surface area contributed by atoms with Gasteiger partial charge < -0.3 is 10.2 Å². The van der Waals surface area contributed by atoms with Crippen molar-refractivity contribution in [3.05, 3.63) is 47.3 Å². The smallest absolute Gasteiger partial charge is 0.317 e. The van der Waals surface area contributed by atoms with E-state index in [0.717, 1.165) is 0 Å². The number of hydrogen-bond donors (Lipinski definition) is 1. The van der Waals surface area contributed by atoms with Crippen LogP contribution in [0.1, 0.15) is 18.9 Å². The van der Waals surface area contributed by atoms with Gasteiger partial charge in [-0.1, -0.05) is 29.8 Å². The fourth-order valence-corrected chi connectivity index (χ4v) is 1.77. The molecule has 0 saturated carbocycles. The van der Waals surface area contributed by atoms with Crippen LogP contribution in [0.5, 0.6) is 0 Å². The van der Waals surface area contributed by atoms with Gasteiger partial charge in [-0.2, -0.15) is 0 Å². The number of halogens is 2. The first-order valence-electron chi connectivity index (χ1n) is 6.01. The van der Waals surface area contributed by atoms with Crippen molar-refractivity contribution in [1.29, 1.82) is 0 Å². The van der Waals surface area contributed by atoms with Gasteiger partial charge >= 0.3 is 6.03 Å². The molecule has 1 aromatic carbocycles. The van der Waals surface area contributed by atoms with Crippen molar-refractivity contribution in [2.24, 2.45) is 0 Å². The van der Waals surface area contributed by atoms with Crippen LogP contribution in [0.15, 0.2) is 30.9 Å². The summed E-state index contributed by atoms with van der Waals surface area (Å²) in [6.45, 7) is 5.76. The molecule has 0 aliphatic heterocycles. The lowest BCUT2D eigenvalue weighted by Crippen LogP contribution is -2.41. The van der Waals surface area contributed by atoms with Gasteiger partial charge in [-0.05, 0) is 25.0 Å². The van der Waals surface area contributed by atoms with Crippen molar-refractivity contribution in [3.63, 3.8) is 0 Å². The summed E-state index contributed by atoms with van der Waals surface area (Å²) in [7, 11) is 1.71. The fourth-order valence-electron chi connectivity index (χ4n) is 1.58. The van der Waals surface area contributed by atoms with E-state index in [2.05, 4.69) is 11.9 Å². The van der Waals surface area contributed by atoms with Crippen molar-refractivity contribution in [3.8, 4) is 0 Å². The summed E-state index contributed by atoms with van der Waals surface area (Å²) < 4.78 is 13.2. The number of hydrogen-bond acceptors (Lipinski definition) is 1. The molecule has 0 heterocycles. The molecule has 104 valence electrons. The molecule has 0 aliphatic carbocycles. The van der Waals surface area contributed by atoms with E-state index < -0.39 is 5.82 Å². The van der Waals surface area contributed by atoms with Crippen LogP contribution >= 0.6 is 11.6 Å². The maximum Gasteiger partial charge on any atom is 0.317 e. The van der Waals surface area contributed by atoms with Crippen LogP contribution in [-0.4, -0.2) is 24.0 Å². The zero-order valence-electron chi connectivity index (χ0n) is 11.1. The molecule has 0 bridgehead atoms. The third kappa shape index (κ3) is 4.24. The van der Waals surface area contributed by atoms with Crippen LogP contribution in [0.2, 0.25) is 5.02 Å². The zero-order valence-corrected chi connectivity index (χ0v) is 11.9. The van der Waals surface area contributed by atoms with E-state index in [1.807, 2.05) is 6.92 Å². The summed E-state index contributed by atoms with van der Waals surface area (Å²) in [6, 6.07) is 4.35. The predicted octanol–water partition coefficient (Wildman–Crippen LogP) is 3.59. The summed E-state index contributed by atoms with van der Waals surface area (Å²) >= 11 is 5.82. The van der Waals surface area contributed by atoms with Gasteiger partial charge in [0.15, 0.2) is 0 Å². The summed E-state index contributed by atoms with van der Waals surface area (Å²) in [6.07, 6.45) is 2.47. The molecule has 1 aromatic rings. The lowest BCUT2D eigenvalue weighted by molar-refractivity contribution is 0.194. The van der Waals surface area contributed by atoms with Gasteiger partial charge in [-0.15, -0.1) is 6.58 Å². The van der Waals surface area contributed by atoms with Crippen LogP contribution in [0.4, 0.5) is 9.18 Å². The first-order chi connectivity index (χ1) is 8.97. The van der Waals surface area contributed by atoms with Crippen molar-refractivity contribution in [2.45, 2.75) is 25.9 Å². The van der Waals surface area contributed by atoms with Crippen LogP contribution in [0, 0.1) is 5.82 Å². The first kappa shape index (κ1) is 15.5. The quantitative estimate of drug-likeness (QED) is 0.824. The van der Waals surface area contributed by atoms with Crippen molar-refractivity contribution >= 4 is 17.6 Å². The Labute approximate surface area is 118 Å². The van der Waals surface area contributed by atoms with Gasteiger partial charge in [-0.3, -0.25) is 0 Å². The number of urea groups is 1. The molecule has 1 atom stereocenters. The van der Waals surface area contributed by atoms with Gasteiger partial charge in [0.1, 0.15) is 5.82 Å². The molecule has 3 nitrogen and oxygen atoms in total. The molecule has 0 unspecified atom stereocenters. The predicted molar refractivity (Wildman–Crippen MR) is 75.7 cm³/mol. The second kappa shape index (κ2) is 7.14. The van der Waals surface area contributed by atoms with E-state index >= 15 is 0 Å². The van der Waals surface area contributed by atoms with E-state index in [4.69, 9.17) is 11.6 Å². The Bertz CT molecular complexity index is 465. The number of amides is 2. The molecular formula is C14H18ClFN2O. The molecular weight excluding hydrogens is 267 g/mol. The maximum atomic E-state index is 13.2. The number of nitrogens with zero attached hydrogens (tertiary/aromatic N) is 1. The molecule has 0 saturated heterocycles. The molecule has 2 amide bonds. The van der Waals surface area contributed by atoms with Crippen molar-refractivity contribution in [2.75, 3.05) is 7.05 Å². The Morgan fingerprint density at radius 3 is 2.95 bits per heavy atom. The lowest BCUT2D eigenvalue weighted by Gasteiger charge is -2.24. The molecule has 19 heavy (non-hydrogen) atoms. The molecule has 0 aliphatic rings. The molecule has 5 heteroatoms. The monoisotopic (exact) mass is 284 g/mol. The number of nitrogens with one attached hydrogen (secondary N) is 1. The van der Waals surface area contributed by atoms with Gasteiger partial charge in [-0.25, -0.2) is 9.18 Å². The number of carbonyl (C=O) groups is 1. The largest absolute Gasteiger partial charge is 0.334 e. The molecule has 0 spiro atoms. The number of benzene rings is 1. The van der Waals surface area contributed by atoms with Crippen LogP contribution < -0.4 is 5.32 Å². The summed E-state index contributed by atoms with van der Waals surface area (Å²) in [5, 5.41) is 2.75. The Balaban J connectivity index is 2.59. The minimum absolute atomic E-state index is 0.0459. The highest BCUT2D eigenvalue weighted by atomic mass is 35.5. The second-order valence-corrected chi connectivity index (χ2v) is 4.73. The van der Waals surface area contributed by atoms with Gasteiger partial charge in [0.2, 0.25) is 0 Å².